The van der Waals surface area contributed by atoms with Crippen LogP contribution in [-0.4, -0.2) is 33.4 Å². The van der Waals surface area contributed by atoms with Gasteiger partial charge in [-0.1, -0.05) is 12.1 Å². The third-order valence-corrected chi connectivity index (χ3v) is 4.14. The number of hydrogen-bond acceptors (Lipinski definition) is 4. The number of carbonyl (C=O) groups is 3. The van der Waals surface area contributed by atoms with E-state index in [0.29, 0.717) is 0 Å². The Kier molecular flexibility index (Phi) is 4.69. The molecule has 2 heterocycles. The number of para-hydroxylation sites is 2. The third-order valence-electron chi connectivity index (χ3n) is 4.14. The van der Waals surface area contributed by atoms with Crippen LogP contribution in [0.25, 0.3) is 11.0 Å². The van der Waals surface area contributed by atoms with Gasteiger partial charge >= 0.3 is 6.03 Å². The molecule has 2 aromatic rings. The first-order valence-electron chi connectivity index (χ1n) is 8.29. The summed E-state index contributed by atoms with van der Waals surface area (Å²) in [5.74, 6) is 0.0420. The maximum absolute atomic E-state index is 12.4. The maximum Gasteiger partial charge on any atom is 0.322 e. The number of urea groups is 1. The van der Waals surface area contributed by atoms with Gasteiger partial charge in [-0.3, -0.25) is 14.9 Å². The van der Waals surface area contributed by atoms with Gasteiger partial charge in [0.1, 0.15) is 11.9 Å². The van der Waals surface area contributed by atoms with E-state index < -0.39 is 12.1 Å². The van der Waals surface area contributed by atoms with Crippen LogP contribution in [-0.2, 0) is 16.1 Å². The van der Waals surface area contributed by atoms with Crippen LogP contribution in [0.4, 0.5) is 4.79 Å². The van der Waals surface area contributed by atoms with Crippen molar-refractivity contribution in [2.24, 2.45) is 0 Å². The molecule has 8 heteroatoms. The molecule has 25 heavy (non-hydrogen) atoms. The highest BCUT2D eigenvalue weighted by Crippen LogP contribution is 2.20. The van der Waals surface area contributed by atoms with Crippen LogP contribution in [0.1, 0.15) is 38.6 Å². The predicted molar refractivity (Wildman–Crippen MR) is 91.7 cm³/mol. The standard InChI is InChI=1S/C17H21N5O3/c1-10(2)22-13-6-4-3-5-11(13)19-14(22)9-18-16(24)12-7-8-15(23)21-17(25)20-12/h3-6,10,12H,7-9H2,1-2H3,(H,18,24)(H2,20,21,23,25)/t12-/m0/s1. The zero-order valence-electron chi connectivity index (χ0n) is 14.2. The van der Waals surface area contributed by atoms with Crippen LogP contribution >= 0.6 is 0 Å². The van der Waals surface area contributed by atoms with Gasteiger partial charge in [0.25, 0.3) is 0 Å². The molecular weight excluding hydrogens is 322 g/mol. The van der Waals surface area contributed by atoms with Crippen LogP contribution in [0, 0.1) is 0 Å². The fourth-order valence-corrected chi connectivity index (χ4v) is 3.01. The number of imide groups is 1. The SMILES string of the molecule is CC(C)n1c(CNC(=O)[C@@H]2CCC(=O)NC(=O)N2)nc2ccccc21. The summed E-state index contributed by atoms with van der Waals surface area (Å²) in [6, 6.07) is 6.63. The first-order valence-corrected chi connectivity index (χ1v) is 8.29. The molecule has 1 fully saturated rings. The molecule has 1 aliphatic rings. The van der Waals surface area contributed by atoms with E-state index in [1.807, 2.05) is 24.3 Å². The number of rotatable bonds is 4. The summed E-state index contributed by atoms with van der Waals surface area (Å²) < 4.78 is 2.08. The van der Waals surface area contributed by atoms with E-state index in [2.05, 4.69) is 39.3 Å². The Morgan fingerprint density at radius 1 is 1.36 bits per heavy atom. The van der Waals surface area contributed by atoms with Crippen LogP contribution in [0.5, 0.6) is 0 Å². The molecule has 1 aliphatic heterocycles. The number of fused-ring (bicyclic) bond motifs is 1. The molecule has 4 amide bonds. The predicted octanol–water partition coefficient (Wildman–Crippen LogP) is 1.22. The zero-order chi connectivity index (χ0) is 18.0. The van der Waals surface area contributed by atoms with Gasteiger partial charge in [0, 0.05) is 12.5 Å². The van der Waals surface area contributed by atoms with Gasteiger partial charge in [0.05, 0.1) is 17.6 Å². The van der Waals surface area contributed by atoms with E-state index in [0.717, 1.165) is 16.9 Å². The third kappa shape index (κ3) is 3.62. The van der Waals surface area contributed by atoms with Crippen molar-refractivity contribution >= 4 is 28.9 Å². The lowest BCUT2D eigenvalue weighted by atomic mass is 10.1. The molecule has 1 aromatic carbocycles. The second-order valence-electron chi connectivity index (χ2n) is 6.31. The molecule has 0 unspecified atom stereocenters. The second-order valence-corrected chi connectivity index (χ2v) is 6.31. The average molecular weight is 343 g/mol. The minimum atomic E-state index is -0.733. The normalized spacial score (nSPS) is 18.0. The Morgan fingerprint density at radius 3 is 2.88 bits per heavy atom. The molecule has 0 aliphatic carbocycles. The minimum Gasteiger partial charge on any atom is -0.347 e. The van der Waals surface area contributed by atoms with E-state index in [1.54, 1.807) is 0 Å². The van der Waals surface area contributed by atoms with Gasteiger partial charge in [-0.05, 0) is 32.4 Å². The van der Waals surface area contributed by atoms with E-state index >= 15 is 0 Å². The Bertz CT molecular complexity index is 827. The average Bonchev–Trinajstić information content (AvgIpc) is 2.85. The molecular formula is C17H21N5O3. The lowest BCUT2D eigenvalue weighted by molar-refractivity contribution is -0.123. The molecule has 0 saturated carbocycles. The van der Waals surface area contributed by atoms with Crippen molar-refractivity contribution in [2.75, 3.05) is 0 Å². The summed E-state index contributed by atoms with van der Waals surface area (Å²) in [4.78, 5) is 39.8. The Balaban J connectivity index is 1.74. The number of aromatic nitrogens is 2. The minimum absolute atomic E-state index is 0.126. The Labute approximate surface area is 145 Å². The fourth-order valence-electron chi connectivity index (χ4n) is 3.01. The summed E-state index contributed by atoms with van der Waals surface area (Å²) >= 11 is 0. The highest BCUT2D eigenvalue weighted by molar-refractivity contribution is 5.98. The number of hydrogen-bond donors (Lipinski definition) is 3. The smallest absolute Gasteiger partial charge is 0.322 e. The quantitative estimate of drug-likeness (QED) is 0.776. The summed E-state index contributed by atoms with van der Waals surface area (Å²) in [5.41, 5.74) is 1.89. The second kappa shape index (κ2) is 6.92. The van der Waals surface area contributed by atoms with Crippen molar-refractivity contribution in [1.82, 2.24) is 25.5 Å². The van der Waals surface area contributed by atoms with Gasteiger partial charge in [-0.15, -0.1) is 0 Å². The number of imidazole rings is 1. The number of benzene rings is 1. The summed E-state index contributed by atoms with van der Waals surface area (Å²) in [7, 11) is 0. The number of amides is 4. The number of nitrogens with zero attached hydrogens (tertiary/aromatic N) is 2. The first kappa shape index (κ1) is 16.9. The molecule has 1 saturated heterocycles. The van der Waals surface area contributed by atoms with Crippen LogP contribution in [0.2, 0.25) is 0 Å². The highest BCUT2D eigenvalue weighted by atomic mass is 16.2. The van der Waals surface area contributed by atoms with Crippen molar-refractivity contribution in [3.63, 3.8) is 0 Å². The number of nitrogens with one attached hydrogen (secondary N) is 3. The fraction of sp³-hybridized carbons (Fsp3) is 0.412. The van der Waals surface area contributed by atoms with E-state index in [4.69, 9.17) is 0 Å². The lowest BCUT2D eigenvalue weighted by Crippen LogP contribution is -2.48. The van der Waals surface area contributed by atoms with Gasteiger partial charge < -0.3 is 15.2 Å². The van der Waals surface area contributed by atoms with Gasteiger partial charge in [0.2, 0.25) is 11.8 Å². The van der Waals surface area contributed by atoms with E-state index in [-0.39, 0.29) is 37.2 Å². The first-order chi connectivity index (χ1) is 12.0. The van der Waals surface area contributed by atoms with Crippen molar-refractivity contribution in [1.29, 1.82) is 0 Å². The van der Waals surface area contributed by atoms with Crippen molar-refractivity contribution in [2.45, 2.75) is 45.3 Å². The summed E-state index contributed by atoms with van der Waals surface area (Å²) in [6.45, 7) is 4.37. The summed E-state index contributed by atoms with van der Waals surface area (Å²) in [6.07, 6.45) is 0.394. The van der Waals surface area contributed by atoms with Crippen LogP contribution < -0.4 is 16.0 Å². The molecule has 3 rings (SSSR count). The Morgan fingerprint density at radius 2 is 2.12 bits per heavy atom. The largest absolute Gasteiger partial charge is 0.347 e. The van der Waals surface area contributed by atoms with Crippen LogP contribution in [0.3, 0.4) is 0 Å². The molecule has 0 bridgehead atoms. The maximum atomic E-state index is 12.4. The monoisotopic (exact) mass is 343 g/mol. The van der Waals surface area contributed by atoms with Crippen molar-refractivity contribution < 1.29 is 14.4 Å². The van der Waals surface area contributed by atoms with Gasteiger partial charge in [-0.2, -0.15) is 0 Å². The molecule has 1 aromatic heterocycles. The number of carbonyl (C=O) groups excluding carboxylic acids is 3. The zero-order valence-corrected chi connectivity index (χ0v) is 14.2. The lowest BCUT2D eigenvalue weighted by Gasteiger charge is -2.16. The van der Waals surface area contributed by atoms with Crippen LogP contribution in [0.15, 0.2) is 24.3 Å². The molecule has 1 atom stereocenters. The molecule has 0 spiro atoms. The highest BCUT2D eigenvalue weighted by Gasteiger charge is 2.26. The Hall–Kier alpha value is -2.90. The van der Waals surface area contributed by atoms with E-state index in [9.17, 15) is 14.4 Å². The van der Waals surface area contributed by atoms with E-state index in [1.165, 1.54) is 0 Å². The molecule has 132 valence electrons. The van der Waals surface area contributed by atoms with Crippen molar-refractivity contribution in [3.8, 4) is 0 Å². The summed E-state index contributed by atoms with van der Waals surface area (Å²) in [5, 5.41) is 7.47. The van der Waals surface area contributed by atoms with Gasteiger partial charge in [-0.25, -0.2) is 9.78 Å². The van der Waals surface area contributed by atoms with Gasteiger partial charge in [0.15, 0.2) is 0 Å². The topological polar surface area (TPSA) is 105 Å². The van der Waals surface area contributed by atoms with Crippen molar-refractivity contribution in [3.05, 3.63) is 30.1 Å². The molecule has 3 N–H and O–H groups in total. The molecule has 8 nitrogen and oxygen atoms in total. The molecule has 0 radical (unpaired) electrons.